The van der Waals surface area contributed by atoms with E-state index >= 15 is 0 Å². The summed E-state index contributed by atoms with van der Waals surface area (Å²) in [6, 6.07) is 0.371. The Bertz CT molecular complexity index is 415. The molecule has 0 radical (unpaired) electrons. The molecule has 2 heterocycles. The van der Waals surface area contributed by atoms with Gasteiger partial charge in [0.25, 0.3) is 0 Å². The highest BCUT2D eigenvalue weighted by atomic mass is 16.5. The molecule has 1 aliphatic rings. The van der Waals surface area contributed by atoms with Crippen LogP contribution in [0.2, 0.25) is 0 Å². The van der Waals surface area contributed by atoms with Crippen molar-refractivity contribution in [2.75, 3.05) is 43.6 Å². The Hall–Kier alpha value is -1.63. The fourth-order valence-electron chi connectivity index (χ4n) is 1.86. The van der Waals surface area contributed by atoms with E-state index in [0.29, 0.717) is 31.1 Å². The van der Waals surface area contributed by atoms with Crippen LogP contribution in [0.25, 0.3) is 0 Å². The fraction of sp³-hybridized carbons (Fsp3) is 0.750. The van der Waals surface area contributed by atoms with Crippen molar-refractivity contribution in [3.05, 3.63) is 0 Å². The average Bonchev–Trinajstić information content (AvgIpc) is 2.44. The lowest BCUT2D eigenvalue weighted by Crippen LogP contribution is -2.42. The van der Waals surface area contributed by atoms with Crippen molar-refractivity contribution in [3.63, 3.8) is 0 Å². The van der Waals surface area contributed by atoms with Crippen molar-refractivity contribution < 1.29 is 9.47 Å². The van der Waals surface area contributed by atoms with E-state index in [2.05, 4.69) is 25.2 Å². The SMILES string of the molecule is CCCOc1nc(NC)nc(N2CCOC(C)C2)n1. The second-order valence-electron chi connectivity index (χ2n) is 4.47. The Morgan fingerprint density at radius 2 is 2.26 bits per heavy atom. The van der Waals surface area contributed by atoms with Gasteiger partial charge in [0, 0.05) is 20.1 Å². The predicted octanol–water partition coefficient (Wildman–Crippen LogP) is 0.927. The Morgan fingerprint density at radius 1 is 1.42 bits per heavy atom. The normalized spacial score (nSPS) is 19.3. The number of nitrogens with one attached hydrogen (secondary N) is 1. The van der Waals surface area contributed by atoms with Crippen molar-refractivity contribution in [1.29, 1.82) is 0 Å². The first-order valence-electron chi connectivity index (χ1n) is 6.66. The van der Waals surface area contributed by atoms with Gasteiger partial charge in [0.1, 0.15) is 0 Å². The summed E-state index contributed by atoms with van der Waals surface area (Å²) in [4.78, 5) is 15.0. The standard InChI is InChI=1S/C12H21N5O2/c1-4-6-19-12-15-10(13-3)14-11(16-12)17-5-7-18-9(2)8-17/h9H,4-8H2,1-3H3,(H,13,14,15,16). The summed E-state index contributed by atoms with van der Waals surface area (Å²) < 4.78 is 11.0. The highest BCUT2D eigenvalue weighted by molar-refractivity contribution is 5.38. The first-order valence-corrected chi connectivity index (χ1v) is 6.66. The molecule has 1 unspecified atom stereocenters. The van der Waals surface area contributed by atoms with Crippen molar-refractivity contribution >= 4 is 11.9 Å². The van der Waals surface area contributed by atoms with Gasteiger partial charge in [-0.15, -0.1) is 0 Å². The zero-order valence-corrected chi connectivity index (χ0v) is 11.7. The van der Waals surface area contributed by atoms with Gasteiger partial charge in [0.05, 0.1) is 19.3 Å². The molecule has 7 nitrogen and oxygen atoms in total. The van der Waals surface area contributed by atoms with E-state index in [1.54, 1.807) is 7.05 Å². The van der Waals surface area contributed by atoms with Gasteiger partial charge in [-0.1, -0.05) is 6.92 Å². The quantitative estimate of drug-likeness (QED) is 0.850. The number of hydrogen-bond donors (Lipinski definition) is 1. The lowest BCUT2D eigenvalue weighted by molar-refractivity contribution is 0.0525. The van der Waals surface area contributed by atoms with Crippen molar-refractivity contribution in [1.82, 2.24) is 15.0 Å². The smallest absolute Gasteiger partial charge is 0.323 e. The van der Waals surface area contributed by atoms with Crippen molar-refractivity contribution in [2.45, 2.75) is 26.4 Å². The van der Waals surface area contributed by atoms with Gasteiger partial charge in [0.15, 0.2) is 0 Å². The topological polar surface area (TPSA) is 72.4 Å². The minimum atomic E-state index is 0.184. The molecule has 1 saturated heterocycles. The van der Waals surface area contributed by atoms with Crippen LogP contribution in [0.3, 0.4) is 0 Å². The van der Waals surface area contributed by atoms with Crippen LogP contribution >= 0.6 is 0 Å². The molecule has 1 fully saturated rings. The predicted molar refractivity (Wildman–Crippen MR) is 72.8 cm³/mol. The summed E-state index contributed by atoms with van der Waals surface area (Å²) in [6.07, 6.45) is 1.10. The van der Waals surface area contributed by atoms with Crippen molar-refractivity contribution in [3.8, 4) is 6.01 Å². The van der Waals surface area contributed by atoms with Gasteiger partial charge in [-0.3, -0.25) is 0 Å². The van der Waals surface area contributed by atoms with Gasteiger partial charge >= 0.3 is 6.01 Å². The van der Waals surface area contributed by atoms with Crippen LogP contribution in [0, 0.1) is 0 Å². The first-order chi connectivity index (χ1) is 9.22. The number of hydrogen-bond acceptors (Lipinski definition) is 7. The minimum absolute atomic E-state index is 0.184. The number of aromatic nitrogens is 3. The summed E-state index contributed by atoms with van der Waals surface area (Å²) in [7, 11) is 1.78. The highest BCUT2D eigenvalue weighted by Crippen LogP contribution is 2.17. The number of anilines is 2. The second-order valence-corrected chi connectivity index (χ2v) is 4.47. The van der Waals surface area contributed by atoms with Crippen LogP contribution in [-0.4, -0.2) is 54.4 Å². The van der Waals surface area contributed by atoms with Crippen LogP contribution in [0.5, 0.6) is 6.01 Å². The number of nitrogens with zero attached hydrogens (tertiary/aromatic N) is 4. The van der Waals surface area contributed by atoms with E-state index in [1.807, 2.05) is 13.8 Å². The van der Waals surface area contributed by atoms with Crippen LogP contribution in [0.1, 0.15) is 20.3 Å². The summed E-state index contributed by atoms with van der Waals surface area (Å²) in [5.74, 6) is 1.16. The maximum atomic E-state index is 5.52. The lowest BCUT2D eigenvalue weighted by atomic mass is 10.3. The van der Waals surface area contributed by atoms with Gasteiger partial charge in [-0.25, -0.2) is 0 Å². The average molecular weight is 267 g/mol. The van der Waals surface area contributed by atoms with Crippen LogP contribution in [-0.2, 0) is 4.74 Å². The maximum Gasteiger partial charge on any atom is 0.323 e. The lowest BCUT2D eigenvalue weighted by Gasteiger charge is -2.31. The Kier molecular flexibility index (Phi) is 4.73. The van der Waals surface area contributed by atoms with Gasteiger partial charge < -0.3 is 19.7 Å². The Morgan fingerprint density at radius 3 is 2.95 bits per heavy atom. The monoisotopic (exact) mass is 267 g/mol. The molecule has 2 rings (SSSR count). The van der Waals surface area contributed by atoms with E-state index in [1.165, 1.54) is 0 Å². The van der Waals surface area contributed by atoms with Gasteiger partial charge in [-0.2, -0.15) is 15.0 Å². The molecule has 0 aromatic carbocycles. The molecule has 0 saturated carbocycles. The summed E-state index contributed by atoms with van der Waals surface area (Å²) in [5.41, 5.74) is 0. The summed E-state index contributed by atoms with van der Waals surface area (Å²) >= 11 is 0. The molecule has 19 heavy (non-hydrogen) atoms. The second kappa shape index (κ2) is 6.51. The third-order valence-electron chi connectivity index (χ3n) is 2.79. The number of rotatable bonds is 5. The molecule has 0 amide bonds. The Labute approximate surface area is 113 Å². The molecule has 106 valence electrons. The molecule has 0 bridgehead atoms. The molecule has 1 N–H and O–H groups in total. The van der Waals surface area contributed by atoms with E-state index in [9.17, 15) is 0 Å². The van der Waals surface area contributed by atoms with Crippen LogP contribution < -0.4 is 15.0 Å². The van der Waals surface area contributed by atoms with Gasteiger partial charge in [0.2, 0.25) is 11.9 Å². The summed E-state index contributed by atoms with van der Waals surface area (Å²) in [6.45, 7) is 6.94. The zero-order chi connectivity index (χ0) is 13.7. The fourth-order valence-corrected chi connectivity index (χ4v) is 1.86. The molecule has 1 aromatic rings. The van der Waals surface area contributed by atoms with E-state index in [4.69, 9.17) is 9.47 Å². The number of ether oxygens (including phenoxy) is 2. The molecular formula is C12H21N5O2. The Balaban J connectivity index is 2.17. The molecule has 0 aliphatic carbocycles. The molecule has 0 spiro atoms. The largest absolute Gasteiger partial charge is 0.463 e. The van der Waals surface area contributed by atoms with E-state index in [-0.39, 0.29) is 6.10 Å². The maximum absolute atomic E-state index is 5.52. The van der Waals surface area contributed by atoms with Crippen LogP contribution in [0.4, 0.5) is 11.9 Å². The third-order valence-corrected chi connectivity index (χ3v) is 2.79. The van der Waals surface area contributed by atoms with Crippen molar-refractivity contribution in [2.24, 2.45) is 0 Å². The van der Waals surface area contributed by atoms with E-state index in [0.717, 1.165) is 19.5 Å². The van der Waals surface area contributed by atoms with Gasteiger partial charge in [-0.05, 0) is 13.3 Å². The zero-order valence-electron chi connectivity index (χ0n) is 11.7. The third kappa shape index (κ3) is 3.66. The van der Waals surface area contributed by atoms with E-state index < -0.39 is 0 Å². The molecule has 1 aliphatic heterocycles. The minimum Gasteiger partial charge on any atom is -0.463 e. The molecular weight excluding hydrogens is 246 g/mol. The first kappa shape index (κ1) is 13.8. The van der Waals surface area contributed by atoms with Crippen LogP contribution in [0.15, 0.2) is 0 Å². The number of morpholine rings is 1. The highest BCUT2D eigenvalue weighted by Gasteiger charge is 2.20. The summed E-state index contributed by atoms with van der Waals surface area (Å²) in [5, 5.41) is 2.93. The molecule has 7 heteroatoms. The molecule has 1 atom stereocenters. The molecule has 1 aromatic heterocycles.